The van der Waals surface area contributed by atoms with E-state index in [9.17, 15) is 0 Å². The molecule has 0 heteroatoms. The number of hydrogen-bond donors (Lipinski definition) is 0. The highest BCUT2D eigenvalue weighted by atomic mass is 14.3. The molecule has 1 saturated carbocycles. The zero-order chi connectivity index (χ0) is 8.97. The van der Waals surface area contributed by atoms with Crippen molar-refractivity contribution in [2.75, 3.05) is 0 Å². The van der Waals surface area contributed by atoms with Crippen LogP contribution >= 0.6 is 0 Å². The smallest absolute Gasteiger partial charge is 0.0365 e. The van der Waals surface area contributed by atoms with Crippen LogP contribution in [0.25, 0.3) is 0 Å². The Labute approximate surface area is 77.7 Å². The van der Waals surface area contributed by atoms with E-state index in [4.69, 9.17) is 0 Å². The molecule has 72 valence electrons. The molecule has 0 amide bonds. The van der Waals surface area contributed by atoms with Crippen LogP contribution in [0.1, 0.15) is 59.3 Å². The predicted octanol–water partition coefficient (Wildman–Crippen LogP) is 4.25. The van der Waals surface area contributed by atoms with Crippen LogP contribution in [0, 0.1) is 17.8 Å². The fourth-order valence-electron chi connectivity index (χ4n) is 2.91. The predicted molar refractivity (Wildman–Crippen MR) is 55.2 cm³/mol. The summed E-state index contributed by atoms with van der Waals surface area (Å²) in [5.74, 6) is 2.96. The summed E-state index contributed by atoms with van der Waals surface area (Å²) in [6, 6.07) is 0. The van der Waals surface area contributed by atoms with Crippen LogP contribution in [0.4, 0.5) is 0 Å². The third-order valence-corrected chi connectivity index (χ3v) is 3.58. The zero-order valence-corrected chi connectivity index (χ0v) is 8.97. The second-order valence-electron chi connectivity index (χ2n) is 4.71. The van der Waals surface area contributed by atoms with Crippen molar-refractivity contribution in [3.8, 4) is 0 Å². The maximum Gasteiger partial charge on any atom is -0.0365 e. The van der Waals surface area contributed by atoms with Crippen LogP contribution < -0.4 is 0 Å². The van der Waals surface area contributed by atoms with Crippen LogP contribution in [0.3, 0.4) is 0 Å². The minimum absolute atomic E-state index is 0.901. The van der Waals surface area contributed by atoms with E-state index in [1.165, 1.54) is 38.5 Å². The first kappa shape index (κ1) is 10.1. The van der Waals surface area contributed by atoms with Gasteiger partial charge in [0.25, 0.3) is 0 Å². The normalized spacial score (nSPS) is 23.0. The molecule has 0 unspecified atom stereocenters. The number of hydrogen-bond acceptors (Lipinski definition) is 0. The van der Waals surface area contributed by atoms with E-state index in [1.54, 1.807) is 0 Å². The molecule has 1 atom stereocenters. The Bertz CT molecular complexity index is 109. The molecule has 1 fully saturated rings. The first-order valence-electron chi connectivity index (χ1n) is 5.75. The molecule has 0 aromatic heterocycles. The van der Waals surface area contributed by atoms with Crippen LogP contribution in [0.5, 0.6) is 0 Å². The Balaban J connectivity index is 2.40. The van der Waals surface area contributed by atoms with Gasteiger partial charge in [-0.05, 0) is 17.8 Å². The zero-order valence-electron chi connectivity index (χ0n) is 8.97. The first-order chi connectivity index (χ1) is 5.75. The summed E-state index contributed by atoms with van der Waals surface area (Å²) < 4.78 is 0. The van der Waals surface area contributed by atoms with E-state index in [1.807, 2.05) is 0 Å². The monoisotopic (exact) mass is 168 g/mol. The van der Waals surface area contributed by atoms with E-state index in [0.29, 0.717) is 0 Å². The minimum atomic E-state index is 0.901. The van der Waals surface area contributed by atoms with Gasteiger partial charge in [0.05, 0.1) is 0 Å². The summed E-state index contributed by atoms with van der Waals surface area (Å²) in [5, 5.41) is 0. The minimum Gasteiger partial charge on any atom is -0.0651 e. The van der Waals surface area contributed by atoms with E-state index in [-0.39, 0.29) is 0 Å². The average molecular weight is 168 g/mol. The number of rotatable bonds is 3. The topological polar surface area (TPSA) is 0 Å². The lowest BCUT2D eigenvalue weighted by Crippen LogP contribution is -2.21. The van der Waals surface area contributed by atoms with Gasteiger partial charge in [-0.15, -0.1) is 0 Å². The molecule has 0 nitrogen and oxygen atoms in total. The van der Waals surface area contributed by atoms with Crippen molar-refractivity contribution >= 4 is 0 Å². The second-order valence-corrected chi connectivity index (χ2v) is 4.71. The van der Waals surface area contributed by atoms with Crippen molar-refractivity contribution in [2.45, 2.75) is 59.3 Å². The van der Waals surface area contributed by atoms with Gasteiger partial charge in [0, 0.05) is 0 Å². The second kappa shape index (κ2) is 4.89. The van der Waals surface area contributed by atoms with Crippen molar-refractivity contribution < 1.29 is 0 Å². The maximum atomic E-state index is 2.39. The highest BCUT2D eigenvalue weighted by Crippen LogP contribution is 2.35. The third-order valence-electron chi connectivity index (χ3n) is 3.58. The summed E-state index contributed by atoms with van der Waals surface area (Å²) in [6.07, 6.45) is 8.89. The van der Waals surface area contributed by atoms with E-state index < -0.39 is 0 Å². The van der Waals surface area contributed by atoms with Gasteiger partial charge in [0.2, 0.25) is 0 Å². The summed E-state index contributed by atoms with van der Waals surface area (Å²) in [6.45, 7) is 7.14. The summed E-state index contributed by atoms with van der Waals surface area (Å²) in [4.78, 5) is 0. The Morgan fingerprint density at radius 2 is 1.67 bits per heavy atom. The molecule has 0 bridgehead atoms. The van der Waals surface area contributed by atoms with Gasteiger partial charge in [0.1, 0.15) is 0 Å². The fraction of sp³-hybridized carbons (Fsp3) is 1.00. The summed E-state index contributed by atoms with van der Waals surface area (Å²) in [7, 11) is 0. The van der Waals surface area contributed by atoms with E-state index >= 15 is 0 Å². The Morgan fingerprint density at radius 3 is 2.08 bits per heavy atom. The summed E-state index contributed by atoms with van der Waals surface area (Å²) in [5.41, 5.74) is 0. The van der Waals surface area contributed by atoms with Crippen molar-refractivity contribution in [1.82, 2.24) is 0 Å². The lowest BCUT2D eigenvalue weighted by atomic mass is 9.74. The molecule has 0 aromatic rings. The molecule has 0 radical (unpaired) electrons. The molecule has 12 heavy (non-hydrogen) atoms. The highest BCUT2D eigenvalue weighted by Gasteiger charge is 2.24. The van der Waals surface area contributed by atoms with Crippen LogP contribution in [-0.4, -0.2) is 0 Å². The van der Waals surface area contributed by atoms with Gasteiger partial charge in [-0.3, -0.25) is 0 Å². The molecule has 0 heterocycles. The molecule has 0 spiro atoms. The third kappa shape index (κ3) is 2.50. The maximum absolute atomic E-state index is 2.39. The van der Waals surface area contributed by atoms with Gasteiger partial charge in [-0.25, -0.2) is 0 Å². The van der Waals surface area contributed by atoms with Crippen LogP contribution in [0.2, 0.25) is 0 Å². The molecule has 0 N–H and O–H groups in total. The standard InChI is InChI=1S/C12H24/c1-4-12(10(2)3)11-8-6-5-7-9-11/h10-12H,4-9H2,1-3H3/t12-/m1/s1. The largest absolute Gasteiger partial charge is 0.0651 e. The van der Waals surface area contributed by atoms with Crippen LogP contribution in [0.15, 0.2) is 0 Å². The Morgan fingerprint density at radius 1 is 1.08 bits per heavy atom. The first-order valence-corrected chi connectivity index (χ1v) is 5.75. The molecule has 1 aliphatic rings. The fourth-order valence-corrected chi connectivity index (χ4v) is 2.91. The van der Waals surface area contributed by atoms with Crippen LogP contribution in [-0.2, 0) is 0 Å². The van der Waals surface area contributed by atoms with Crippen molar-refractivity contribution in [2.24, 2.45) is 17.8 Å². The Hall–Kier alpha value is 0. The molecular formula is C12H24. The molecule has 0 aromatic carbocycles. The molecular weight excluding hydrogens is 144 g/mol. The van der Waals surface area contributed by atoms with Gasteiger partial charge >= 0.3 is 0 Å². The SMILES string of the molecule is CC[C@H](C(C)C)C1CCCCC1. The molecule has 0 aliphatic heterocycles. The van der Waals surface area contributed by atoms with Gasteiger partial charge < -0.3 is 0 Å². The van der Waals surface area contributed by atoms with E-state index in [2.05, 4.69) is 20.8 Å². The van der Waals surface area contributed by atoms with Crippen molar-refractivity contribution in [1.29, 1.82) is 0 Å². The highest BCUT2D eigenvalue weighted by molar-refractivity contribution is 4.75. The molecule has 1 rings (SSSR count). The lowest BCUT2D eigenvalue weighted by molar-refractivity contribution is 0.190. The quantitative estimate of drug-likeness (QED) is 0.591. The van der Waals surface area contributed by atoms with Gasteiger partial charge in [-0.2, -0.15) is 0 Å². The molecule has 0 saturated heterocycles. The summed E-state index contributed by atoms with van der Waals surface area (Å²) >= 11 is 0. The lowest BCUT2D eigenvalue weighted by Gasteiger charge is -2.32. The van der Waals surface area contributed by atoms with Gasteiger partial charge in [-0.1, -0.05) is 59.3 Å². The van der Waals surface area contributed by atoms with Gasteiger partial charge in [0.15, 0.2) is 0 Å². The Kier molecular flexibility index (Phi) is 4.11. The van der Waals surface area contributed by atoms with Crippen molar-refractivity contribution in [3.63, 3.8) is 0 Å². The van der Waals surface area contributed by atoms with Crippen molar-refractivity contribution in [3.05, 3.63) is 0 Å². The molecule has 1 aliphatic carbocycles. The van der Waals surface area contributed by atoms with E-state index in [0.717, 1.165) is 17.8 Å². The average Bonchev–Trinajstić information content (AvgIpc) is 2.07.